The molecule has 0 saturated carbocycles. The summed E-state index contributed by atoms with van der Waals surface area (Å²) < 4.78 is 5.14. The van der Waals surface area contributed by atoms with Gasteiger partial charge in [-0.05, 0) is 30.2 Å². The van der Waals surface area contributed by atoms with E-state index in [0.717, 1.165) is 16.8 Å². The summed E-state index contributed by atoms with van der Waals surface area (Å²) in [5.74, 6) is 0.0611. The first-order chi connectivity index (χ1) is 11.1. The van der Waals surface area contributed by atoms with Gasteiger partial charge in [0.15, 0.2) is 0 Å². The fourth-order valence-electron chi connectivity index (χ4n) is 2.50. The molecule has 2 aromatic rings. The first-order valence-electron chi connectivity index (χ1n) is 7.73. The molecule has 0 radical (unpaired) electrons. The summed E-state index contributed by atoms with van der Waals surface area (Å²) in [6.07, 6.45) is 0. The first-order valence-corrected chi connectivity index (χ1v) is 7.73. The molecule has 1 amide bonds. The molecule has 0 aliphatic rings. The average molecular weight is 312 g/mol. The van der Waals surface area contributed by atoms with Gasteiger partial charge in [0.05, 0.1) is 6.61 Å². The Hall–Kier alpha value is -2.33. The van der Waals surface area contributed by atoms with Crippen molar-refractivity contribution in [3.05, 3.63) is 65.7 Å². The van der Waals surface area contributed by atoms with Crippen molar-refractivity contribution in [2.45, 2.75) is 26.1 Å². The lowest BCUT2D eigenvalue weighted by Crippen LogP contribution is -2.38. The summed E-state index contributed by atoms with van der Waals surface area (Å²) in [5, 5.41) is 3.26. The Balaban J connectivity index is 1.95. The molecule has 0 aromatic heterocycles. The maximum atomic E-state index is 12.5. The van der Waals surface area contributed by atoms with Gasteiger partial charge < -0.3 is 15.0 Å². The van der Waals surface area contributed by atoms with Crippen LogP contribution in [-0.2, 0) is 22.7 Å². The minimum Gasteiger partial charge on any atom is -0.380 e. The lowest BCUT2D eigenvalue weighted by Gasteiger charge is -2.23. The predicted octanol–water partition coefficient (Wildman–Crippen LogP) is 3.29. The second-order valence-corrected chi connectivity index (χ2v) is 5.68. The van der Waals surface area contributed by atoms with Crippen LogP contribution in [0, 0.1) is 0 Å². The number of rotatable bonds is 7. The van der Waals surface area contributed by atoms with Gasteiger partial charge in [0.1, 0.15) is 6.04 Å². The van der Waals surface area contributed by atoms with Gasteiger partial charge in [-0.25, -0.2) is 0 Å². The van der Waals surface area contributed by atoms with Gasteiger partial charge in [0.2, 0.25) is 5.91 Å². The van der Waals surface area contributed by atoms with E-state index in [-0.39, 0.29) is 11.9 Å². The van der Waals surface area contributed by atoms with Crippen molar-refractivity contribution in [2.75, 3.05) is 19.5 Å². The van der Waals surface area contributed by atoms with Crippen LogP contribution in [0.1, 0.15) is 18.1 Å². The second kappa shape index (κ2) is 8.34. The van der Waals surface area contributed by atoms with E-state index in [4.69, 9.17) is 4.74 Å². The maximum absolute atomic E-state index is 12.5. The molecule has 0 bridgehead atoms. The monoisotopic (exact) mass is 312 g/mol. The van der Waals surface area contributed by atoms with Crippen LogP contribution in [0.2, 0.25) is 0 Å². The summed E-state index contributed by atoms with van der Waals surface area (Å²) in [6, 6.07) is 17.6. The van der Waals surface area contributed by atoms with E-state index in [1.165, 1.54) is 0 Å². The largest absolute Gasteiger partial charge is 0.380 e. The van der Waals surface area contributed by atoms with Crippen LogP contribution in [0.25, 0.3) is 0 Å². The molecule has 0 aliphatic heterocycles. The third kappa shape index (κ3) is 5.11. The SMILES string of the molecule is COCc1cccc(NC(C)C(=O)N(C)Cc2ccccc2)c1. The molecule has 0 saturated heterocycles. The summed E-state index contributed by atoms with van der Waals surface area (Å²) in [6.45, 7) is 3.05. The minimum absolute atomic E-state index is 0.0611. The van der Waals surface area contributed by atoms with E-state index in [1.807, 2.05) is 68.6 Å². The van der Waals surface area contributed by atoms with E-state index in [1.54, 1.807) is 12.0 Å². The summed E-state index contributed by atoms with van der Waals surface area (Å²) in [4.78, 5) is 14.2. The second-order valence-electron chi connectivity index (χ2n) is 5.68. The van der Waals surface area contributed by atoms with Gasteiger partial charge in [-0.15, -0.1) is 0 Å². The molecule has 2 rings (SSSR count). The van der Waals surface area contributed by atoms with Crippen molar-refractivity contribution in [3.63, 3.8) is 0 Å². The van der Waals surface area contributed by atoms with Crippen molar-refractivity contribution >= 4 is 11.6 Å². The standard InChI is InChI=1S/C19H24N2O2/c1-15(20-18-11-7-10-17(12-18)14-23-3)19(22)21(2)13-16-8-5-4-6-9-16/h4-12,15,20H,13-14H2,1-3H3. The molecule has 2 aromatic carbocycles. The smallest absolute Gasteiger partial charge is 0.244 e. The highest BCUT2D eigenvalue weighted by molar-refractivity contribution is 5.84. The van der Waals surface area contributed by atoms with Gasteiger partial charge >= 0.3 is 0 Å². The molecular weight excluding hydrogens is 288 g/mol. The Morgan fingerprint density at radius 1 is 1.13 bits per heavy atom. The predicted molar refractivity (Wildman–Crippen MR) is 93.2 cm³/mol. The summed E-state index contributed by atoms with van der Waals surface area (Å²) >= 11 is 0. The summed E-state index contributed by atoms with van der Waals surface area (Å²) in [5.41, 5.74) is 3.13. The molecule has 23 heavy (non-hydrogen) atoms. The molecule has 4 nitrogen and oxygen atoms in total. The molecule has 122 valence electrons. The number of carbonyl (C=O) groups is 1. The number of benzene rings is 2. The van der Waals surface area contributed by atoms with Gasteiger partial charge in [-0.2, -0.15) is 0 Å². The molecule has 4 heteroatoms. The molecule has 0 heterocycles. The minimum atomic E-state index is -0.290. The van der Waals surface area contributed by atoms with Crippen LogP contribution in [0.15, 0.2) is 54.6 Å². The van der Waals surface area contributed by atoms with Crippen molar-refractivity contribution < 1.29 is 9.53 Å². The summed E-state index contributed by atoms with van der Waals surface area (Å²) in [7, 11) is 3.50. The molecular formula is C19H24N2O2. The Labute approximate surface area is 138 Å². The zero-order valence-electron chi connectivity index (χ0n) is 14.0. The zero-order chi connectivity index (χ0) is 16.7. The Kier molecular flexibility index (Phi) is 6.18. The molecule has 0 spiro atoms. The van der Waals surface area contributed by atoms with E-state index in [9.17, 15) is 4.79 Å². The van der Waals surface area contributed by atoms with Gasteiger partial charge in [-0.3, -0.25) is 4.79 Å². The van der Waals surface area contributed by atoms with Gasteiger partial charge in [0, 0.05) is 26.4 Å². The van der Waals surface area contributed by atoms with E-state index < -0.39 is 0 Å². The molecule has 1 N–H and O–H groups in total. The number of hydrogen-bond acceptors (Lipinski definition) is 3. The van der Waals surface area contributed by atoms with Crippen LogP contribution in [0.3, 0.4) is 0 Å². The Bertz CT molecular complexity index is 628. The number of methoxy groups -OCH3 is 1. The zero-order valence-corrected chi connectivity index (χ0v) is 14.0. The highest BCUT2D eigenvalue weighted by atomic mass is 16.5. The third-order valence-corrected chi connectivity index (χ3v) is 3.63. The van der Waals surface area contributed by atoms with Gasteiger partial charge in [-0.1, -0.05) is 42.5 Å². The third-order valence-electron chi connectivity index (χ3n) is 3.63. The maximum Gasteiger partial charge on any atom is 0.244 e. The van der Waals surface area contributed by atoms with E-state index >= 15 is 0 Å². The number of carbonyl (C=O) groups excluding carboxylic acids is 1. The number of ether oxygens (including phenoxy) is 1. The Morgan fingerprint density at radius 3 is 2.52 bits per heavy atom. The quantitative estimate of drug-likeness (QED) is 0.853. The van der Waals surface area contributed by atoms with E-state index in [0.29, 0.717) is 13.2 Å². The molecule has 0 fully saturated rings. The van der Waals surface area contributed by atoms with Crippen LogP contribution < -0.4 is 5.32 Å². The number of hydrogen-bond donors (Lipinski definition) is 1. The molecule has 1 unspecified atom stereocenters. The van der Waals surface area contributed by atoms with Crippen molar-refractivity contribution in [3.8, 4) is 0 Å². The first kappa shape index (κ1) is 17.0. The Morgan fingerprint density at radius 2 is 1.83 bits per heavy atom. The van der Waals surface area contributed by atoms with Crippen molar-refractivity contribution in [1.82, 2.24) is 4.90 Å². The van der Waals surface area contributed by atoms with Crippen LogP contribution >= 0.6 is 0 Å². The lowest BCUT2D eigenvalue weighted by molar-refractivity contribution is -0.130. The normalized spacial score (nSPS) is 11.8. The lowest BCUT2D eigenvalue weighted by atomic mass is 10.1. The average Bonchev–Trinajstić information content (AvgIpc) is 2.55. The fourth-order valence-corrected chi connectivity index (χ4v) is 2.50. The van der Waals surface area contributed by atoms with Crippen LogP contribution in [-0.4, -0.2) is 31.0 Å². The number of likely N-dealkylation sites (N-methyl/N-ethyl adjacent to an activating group) is 1. The topological polar surface area (TPSA) is 41.6 Å². The fraction of sp³-hybridized carbons (Fsp3) is 0.316. The van der Waals surface area contributed by atoms with E-state index in [2.05, 4.69) is 5.32 Å². The number of amides is 1. The number of nitrogens with one attached hydrogen (secondary N) is 1. The molecule has 0 aliphatic carbocycles. The van der Waals surface area contributed by atoms with Crippen LogP contribution in [0.4, 0.5) is 5.69 Å². The van der Waals surface area contributed by atoms with Crippen molar-refractivity contribution in [1.29, 1.82) is 0 Å². The number of anilines is 1. The number of nitrogens with zero attached hydrogens (tertiary/aromatic N) is 1. The van der Waals surface area contributed by atoms with Gasteiger partial charge in [0.25, 0.3) is 0 Å². The highest BCUT2D eigenvalue weighted by Crippen LogP contribution is 2.14. The molecule has 1 atom stereocenters. The van der Waals surface area contributed by atoms with Crippen LogP contribution in [0.5, 0.6) is 0 Å². The van der Waals surface area contributed by atoms with Crippen molar-refractivity contribution in [2.24, 2.45) is 0 Å². The highest BCUT2D eigenvalue weighted by Gasteiger charge is 2.17.